The van der Waals surface area contributed by atoms with Gasteiger partial charge in [0, 0.05) is 16.6 Å². The van der Waals surface area contributed by atoms with E-state index < -0.39 is 0 Å². The van der Waals surface area contributed by atoms with Gasteiger partial charge in [-0.2, -0.15) is 0 Å². The molecule has 0 unspecified atom stereocenters. The van der Waals surface area contributed by atoms with Crippen LogP contribution in [0.2, 0.25) is 0 Å². The molecule has 4 aromatic carbocycles. The van der Waals surface area contributed by atoms with Gasteiger partial charge in [0.05, 0.1) is 5.69 Å². The molecule has 1 aromatic heterocycles. The van der Waals surface area contributed by atoms with E-state index in [4.69, 9.17) is 0 Å². The average molecular weight is 446 g/mol. The number of unbranched alkanes of at least 4 members (excludes halogenated alkanes) is 3. The van der Waals surface area contributed by atoms with Crippen LogP contribution in [0, 0.1) is 6.92 Å². The molecule has 0 fully saturated rings. The molecule has 2 nitrogen and oxygen atoms in total. The normalized spacial score (nSPS) is 11.4. The van der Waals surface area contributed by atoms with Crippen molar-refractivity contribution in [2.75, 3.05) is 0 Å². The van der Waals surface area contributed by atoms with Crippen LogP contribution in [0.15, 0.2) is 95.8 Å². The number of fused-ring (bicyclic) bond motifs is 2. The summed E-state index contributed by atoms with van der Waals surface area (Å²) >= 11 is 0. The number of benzene rings is 4. The first kappa shape index (κ1) is 22.2. The van der Waals surface area contributed by atoms with Gasteiger partial charge in [-0.15, -0.1) is 0 Å². The van der Waals surface area contributed by atoms with Gasteiger partial charge < -0.3 is 0 Å². The fourth-order valence-electron chi connectivity index (χ4n) is 5.05. The quantitative estimate of drug-likeness (QED) is 0.231. The van der Waals surface area contributed by atoms with Gasteiger partial charge in [0.1, 0.15) is 0 Å². The summed E-state index contributed by atoms with van der Waals surface area (Å²) < 4.78 is 1.96. The van der Waals surface area contributed by atoms with Gasteiger partial charge in [0.15, 0.2) is 0 Å². The highest BCUT2D eigenvalue weighted by Crippen LogP contribution is 2.36. The number of hydrogen-bond donors (Lipinski definition) is 0. The third kappa shape index (κ3) is 4.05. The van der Waals surface area contributed by atoms with E-state index in [2.05, 4.69) is 92.7 Å². The molecule has 0 amide bonds. The Bertz CT molecular complexity index is 1500. The minimum absolute atomic E-state index is 0.0414. The summed E-state index contributed by atoms with van der Waals surface area (Å²) in [4.78, 5) is 14.0. The van der Waals surface area contributed by atoms with Gasteiger partial charge in [-0.1, -0.05) is 105 Å². The molecule has 34 heavy (non-hydrogen) atoms. The zero-order valence-corrected chi connectivity index (χ0v) is 20.1. The molecule has 0 aliphatic rings. The number of hydrogen-bond acceptors (Lipinski definition) is 1. The molecule has 0 spiro atoms. The molecule has 0 aliphatic heterocycles. The van der Waals surface area contributed by atoms with Crippen LogP contribution in [0.1, 0.15) is 43.7 Å². The number of aromatic nitrogens is 1. The Balaban J connectivity index is 1.89. The van der Waals surface area contributed by atoms with Gasteiger partial charge in [-0.25, -0.2) is 0 Å². The first-order chi connectivity index (χ1) is 16.7. The van der Waals surface area contributed by atoms with Crippen LogP contribution in [-0.4, -0.2) is 4.57 Å². The molecular weight excluding hydrogens is 414 g/mol. The first-order valence-corrected chi connectivity index (χ1v) is 12.4. The Morgan fingerprint density at radius 3 is 2.12 bits per heavy atom. The van der Waals surface area contributed by atoms with E-state index in [0.29, 0.717) is 0 Å². The molecule has 5 rings (SSSR count). The average Bonchev–Trinajstić information content (AvgIpc) is 2.88. The molecule has 0 bridgehead atoms. The van der Waals surface area contributed by atoms with Crippen molar-refractivity contribution in [2.45, 2.75) is 46.0 Å². The molecule has 0 saturated heterocycles. The summed E-state index contributed by atoms with van der Waals surface area (Å²) in [7, 11) is 0. The van der Waals surface area contributed by atoms with Gasteiger partial charge >= 0.3 is 0 Å². The van der Waals surface area contributed by atoms with Gasteiger partial charge in [0.2, 0.25) is 0 Å². The minimum Gasteiger partial charge on any atom is -0.276 e. The highest BCUT2D eigenvalue weighted by Gasteiger charge is 2.20. The molecule has 0 atom stereocenters. The smallest absolute Gasteiger partial charge is 0.263 e. The maximum atomic E-state index is 14.0. The van der Waals surface area contributed by atoms with E-state index in [1.807, 2.05) is 16.7 Å². The van der Waals surface area contributed by atoms with Crippen molar-refractivity contribution >= 4 is 21.5 Å². The zero-order valence-electron chi connectivity index (χ0n) is 20.1. The van der Waals surface area contributed by atoms with Crippen LogP contribution in [0.3, 0.4) is 0 Å². The molecule has 0 saturated carbocycles. The summed E-state index contributed by atoms with van der Waals surface area (Å²) in [5.41, 5.74) is 5.55. The lowest BCUT2D eigenvalue weighted by molar-refractivity contribution is 0.667. The summed E-state index contributed by atoms with van der Waals surface area (Å²) in [6, 6.07) is 31.4. The summed E-state index contributed by atoms with van der Waals surface area (Å²) in [6.45, 7) is 4.33. The van der Waals surface area contributed by atoms with Gasteiger partial charge in [-0.05, 0) is 59.7 Å². The Morgan fingerprint density at radius 1 is 0.676 bits per heavy atom. The molecular formula is C32H31NO. The number of rotatable bonds is 7. The molecule has 0 aliphatic carbocycles. The van der Waals surface area contributed by atoms with Crippen molar-refractivity contribution in [2.24, 2.45) is 0 Å². The topological polar surface area (TPSA) is 22.0 Å². The maximum absolute atomic E-state index is 14.0. The van der Waals surface area contributed by atoms with Gasteiger partial charge in [-0.3, -0.25) is 9.36 Å². The van der Waals surface area contributed by atoms with Crippen LogP contribution in [0.5, 0.6) is 0 Å². The van der Waals surface area contributed by atoms with E-state index in [1.54, 1.807) is 0 Å². The van der Waals surface area contributed by atoms with Crippen LogP contribution in [-0.2, 0) is 6.42 Å². The summed E-state index contributed by atoms with van der Waals surface area (Å²) in [5.74, 6) is 0. The lowest BCUT2D eigenvalue weighted by Gasteiger charge is -2.22. The molecule has 1 heterocycles. The van der Waals surface area contributed by atoms with E-state index in [0.717, 1.165) is 40.6 Å². The minimum atomic E-state index is 0.0414. The van der Waals surface area contributed by atoms with Crippen molar-refractivity contribution in [3.63, 3.8) is 0 Å². The SMILES string of the molecule is CCCCCCc1c(-c2cccc3ccccc23)n(-c2ccc(C)cc2)c(=O)c2ccccc12. The monoisotopic (exact) mass is 445 g/mol. The first-order valence-electron chi connectivity index (χ1n) is 12.4. The molecule has 2 heteroatoms. The van der Waals surface area contributed by atoms with Crippen LogP contribution in [0.4, 0.5) is 0 Å². The Morgan fingerprint density at radius 2 is 1.35 bits per heavy atom. The van der Waals surface area contributed by atoms with Crippen molar-refractivity contribution in [1.29, 1.82) is 0 Å². The van der Waals surface area contributed by atoms with Crippen molar-refractivity contribution in [3.8, 4) is 16.9 Å². The van der Waals surface area contributed by atoms with E-state index in [-0.39, 0.29) is 5.56 Å². The summed E-state index contributed by atoms with van der Waals surface area (Å²) in [5, 5.41) is 4.23. The predicted molar refractivity (Wildman–Crippen MR) is 145 cm³/mol. The number of pyridine rings is 1. The van der Waals surface area contributed by atoms with Crippen molar-refractivity contribution in [1.82, 2.24) is 4.57 Å². The Kier molecular flexibility index (Phi) is 6.31. The van der Waals surface area contributed by atoms with Gasteiger partial charge in [0.25, 0.3) is 5.56 Å². The van der Waals surface area contributed by atoms with Crippen LogP contribution >= 0.6 is 0 Å². The lowest BCUT2D eigenvalue weighted by atomic mass is 9.92. The second-order valence-electron chi connectivity index (χ2n) is 9.19. The largest absolute Gasteiger partial charge is 0.276 e. The third-order valence-corrected chi connectivity index (χ3v) is 6.81. The van der Waals surface area contributed by atoms with E-state index in [1.165, 1.54) is 41.2 Å². The second kappa shape index (κ2) is 9.69. The van der Waals surface area contributed by atoms with Crippen LogP contribution < -0.4 is 5.56 Å². The zero-order chi connectivity index (χ0) is 23.5. The molecule has 0 N–H and O–H groups in total. The second-order valence-corrected chi connectivity index (χ2v) is 9.19. The molecule has 170 valence electrons. The molecule has 5 aromatic rings. The fourth-order valence-corrected chi connectivity index (χ4v) is 5.05. The van der Waals surface area contributed by atoms with E-state index >= 15 is 0 Å². The molecule has 0 radical (unpaired) electrons. The van der Waals surface area contributed by atoms with Crippen LogP contribution in [0.25, 0.3) is 38.5 Å². The lowest BCUT2D eigenvalue weighted by Crippen LogP contribution is -2.22. The number of nitrogens with zero attached hydrogens (tertiary/aromatic N) is 1. The van der Waals surface area contributed by atoms with E-state index in [9.17, 15) is 4.79 Å². The van der Waals surface area contributed by atoms with Crippen molar-refractivity contribution in [3.05, 3.63) is 112 Å². The maximum Gasteiger partial charge on any atom is 0.263 e. The Hall–Kier alpha value is -3.65. The third-order valence-electron chi connectivity index (χ3n) is 6.81. The summed E-state index contributed by atoms with van der Waals surface area (Å²) in [6.07, 6.45) is 5.70. The van der Waals surface area contributed by atoms with Crippen molar-refractivity contribution < 1.29 is 0 Å². The Labute approximate surface area is 201 Å². The number of aryl methyl sites for hydroxylation is 2. The highest BCUT2D eigenvalue weighted by molar-refractivity contribution is 6.00. The highest BCUT2D eigenvalue weighted by atomic mass is 16.1. The predicted octanol–water partition coefficient (Wildman–Crippen LogP) is 8.24. The standard InChI is InChI=1S/C32H31NO/c1-3-4-5-6-16-29-27-15-9-10-17-30(27)32(34)33(25-21-19-23(2)20-22-25)31(29)28-18-11-13-24-12-7-8-14-26(24)28/h7-15,17-22H,3-6,16H2,1-2H3. The fraction of sp³-hybridized carbons (Fsp3) is 0.219.